The predicted octanol–water partition coefficient (Wildman–Crippen LogP) is 8.14. The minimum Gasteiger partial charge on any atom is -0.478 e. The van der Waals surface area contributed by atoms with Gasteiger partial charge in [0.1, 0.15) is 29.4 Å². The monoisotopic (exact) mass is 1470 g/mol. The Hall–Kier alpha value is -12.8. The highest BCUT2D eigenvalue weighted by Gasteiger charge is 2.35. The van der Waals surface area contributed by atoms with Crippen LogP contribution in [0.5, 0.6) is 0 Å². The van der Waals surface area contributed by atoms with E-state index in [2.05, 4.69) is 40.7 Å². The van der Waals surface area contributed by atoms with Crippen LogP contribution in [-0.2, 0) is 23.9 Å². The van der Waals surface area contributed by atoms with E-state index >= 15 is 0 Å². The summed E-state index contributed by atoms with van der Waals surface area (Å²) < 4.78 is 54.5. The Labute approximate surface area is 608 Å². The number of fused-ring (bicyclic) bond motifs is 3. The molecule has 3 aliphatic heterocycles. The molecule has 7 heterocycles. The van der Waals surface area contributed by atoms with Crippen molar-refractivity contribution in [2.45, 2.75) is 33.3 Å². The van der Waals surface area contributed by atoms with E-state index in [1.165, 1.54) is 63.9 Å². The van der Waals surface area contributed by atoms with Crippen LogP contribution in [0.15, 0.2) is 157 Å². The zero-order valence-corrected chi connectivity index (χ0v) is 58.5. The molecule has 3 aliphatic rings. The lowest BCUT2D eigenvalue weighted by Crippen LogP contribution is -2.52. The average molecular weight is 1470 g/mol. The third-order valence-electron chi connectivity index (χ3n) is 17.4. The molecule has 0 saturated carbocycles. The van der Waals surface area contributed by atoms with Crippen molar-refractivity contribution in [1.29, 1.82) is 5.41 Å². The Morgan fingerprint density at radius 2 is 0.849 bits per heavy atom. The van der Waals surface area contributed by atoms with Crippen molar-refractivity contribution in [2.24, 2.45) is 10.8 Å². The number of nitrogens with two attached hydrogens (primary N) is 1. The number of carbonyl (C=O) groups excluding carboxylic acids is 10. The number of nitrogens with one attached hydrogen (secondary N) is 6. The summed E-state index contributed by atoms with van der Waals surface area (Å²) in [5.74, 6) is -7.19. The summed E-state index contributed by atoms with van der Waals surface area (Å²) >= 11 is 0. The number of rotatable bonds is 14. The van der Waals surface area contributed by atoms with Gasteiger partial charge in [-0.1, -0.05) is 54.6 Å². The highest BCUT2D eigenvalue weighted by atomic mass is 35.5. The molecule has 0 atom stereocenters. The van der Waals surface area contributed by atoms with Gasteiger partial charge in [0.25, 0.3) is 52.8 Å². The van der Waals surface area contributed by atoms with Gasteiger partial charge in [0.2, 0.25) is 5.90 Å². The first kappa shape index (κ1) is 75.9. The first-order valence-electron chi connectivity index (χ1n) is 33.2. The summed E-state index contributed by atoms with van der Waals surface area (Å²) in [5, 5.41) is 18.2. The topological polar surface area (TPSA) is 372 Å². The van der Waals surface area contributed by atoms with Crippen molar-refractivity contribution >= 4 is 116 Å². The van der Waals surface area contributed by atoms with Crippen LogP contribution in [0, 0.1) is 22.9 Å². The molecule has 4 aromatic heterocycles. The first-order valence-corrected chi connectivity index (χ1v) is 33.2. The Kier molecular flexibility index (Phi) is 23.7. The number of H-pyrrole nitrogens is 4. The summed E-state index contributed by atoms with van der Waals surface area (Å²) in [6, 6.07) is 34.3. The zero-order chi connectivity index (χ0) is 74.8. The van der Waals surface area contributed by atoms with Crippen LogP contribution in [0.2, 0.25) is 0 Å². The number of hydrogen-bond donors (Lipinski definition) is 7. The average Bonchev–Trinajstić information content (AvgIpc) is 1.62. The van der Waals surface area contributed by atoms with E-state index in [0.29, 0.717) is 65.3 Å². The van der Waals surface area contributed by atoms with Gasteiger partial charge < -0.3 is 59.6 Å². The van der Waals surface area contributed by atoms with Gasteiger partial charge in [0, 0.05) is 141 Å². The highest BCUT2D eigenvalue weighted by molar-refractivity contribution is 6.46. The standard InChI is InChI=1S/C27H29FN6O5.C24H23FN4O4.C23H19FN6O3.ClH/c1-27(2,3)39-26(38)32-31-23(29)17-9-10-19(28)20-18(15-30-21(17)20)22(35)25(37)34-13-11-33(12-14-34)24(36)16-7-5-4-6-8-16;1-2-33-22(26)16-8-9-18(25)19-17(14-27-20(16)19)21(30)24(32)29-12-10-28(11-13-29)23(31)15-6-4-3-5-7-15;24-17-7-6-15(21-26-13-27-28-21)19-18(17)16(12-25-19)20(31)23(33)30-10-8-29(9-11-30)22(32)14-4-2-1-3-5-14;/h4-10,15,30H,11-14H2,1-3H3,(H2,29,31)(H,32,38);3-9,14,26-27H,2,10-13H2,1H3;1-7,12-13,25H,8-11H2,(H,26,27,28);1H. The lowest BCUT2D eigenvalue weighted by Gasteiger charge is -2.34. The molecule has 32 heteroatoms. The summed E-state index contributed by atoms with van der Waals surface area (Å²) in [7, 11) is 0. The number of hydrazone groups is 1. The fraction of sp³-hybridized carbons (Fsp3) is 0.243. The highest BCUT2D eigenvalue weighted by Crippen LogP contribution is 2.32. The molecule has 106 heavy (non-hydrogen) atoms. The van der Waals surface area contributed by atoms with Crippen molar-refractivity contribution in [2.75, 3.05) is 85.1 Å². The number of aromatic nitrogens is 6. The molecule has 0 bridgehead atoms. The van der Waals surface area contributed by atoms with Crippen LogP contribution >= 0.6 is 12.4 Å². The second-order valence-electron chi connectivity index (χ2n) is 25.2. The largest absolute Gasteiger partial charge is 0.478 e. The third-order valence-corrected chi connectivity index (χ3v) is 17.4. The number of Topliss-reactive ketones (excluding diaryl/α,β-unsaturated/α-hetero) is 3. The fourth-order valence-corrected chi connectivity index (χ4v) is 12.2. The Bertz CT molecular complexity index is 5020. The summed E-state index contributed by atoms with van der Waals surface area (Å²) in [6.45, 7) is 9.95. The van der Waals surface area contributed by atoms with Gasteiger partial charge in [-0.05, 0) is 100 Å². The molecule has 3 fully saturated rings. The Balaban J connectivity index is 0.000000170. The lowest BCUT2D eigenvalue weighted by atomic mass is 10.0. The quantitative estimate of drug-likeness (QED) is 0.0178. The minimum atomic E-state index is -0.900. The maximum absolute atomic E-state index is 14.9. The molecule has 0 aliphatic carbocycles. The van der Waals surface area contributed by atoms with Crippen molar-refractivity contribution in [3.63, 3.8) is 0 Å². The molecule has 8 N–H and O–H groups in total. The van der Waals surface area contributed by atoms with Gasteiger partial charge in [0.05, 0.1) is 45.4 Å². The second kappa shape index (κ2) is 33.1. The van der Waals surface area contributed by atoms with Crippen LogP contribution in [0.4, 0.5) is 18.0 Å². The molecule has 7 amide bonds. The van der Waals surface area contributed by atoms with Gasteiger partial charge in [-0.15, -0.1) is 12.4 Å². The number of piperazine rings is 3. The van der Waals surface area contributed by atoms with E-state index in [4.69, 9.17) is 20.6 Å². The summed E-state index contributed by atoms with van der Waals surface area (Å²) in [4.78, 5) is 149. The third kappa shape index (κ3) is 16.6. The number of aromatic amines is 4. The summed E-state index contributed by atoms with van der Waals surface area (Å²) in [5.41, 5.74) is 10.6. The molecular formula is C74H72ClF3N16O12. The van der Waals surface area contributed by atoms with E-state index in [0.717, 1.165) is 12.1 Å². The molecular weight excluding hydrogens is 1400 g/mol. The van der Waals surface area contributed by atoms with Crippen LogP contribution in [0.1, 0.15) is 101 Å². The number of benzene rings is 6. The van der Waals surface area contributed by atoms with Gasteiger partial charge in [-0.2, -0.15) is 10.2 Å². The Morgan fingerprint density at radius 1 is 0.500 bits per heavy atom. The lowest BCUT2D eigenvalue weighted by molar-refractivity contribution is -0.128. The zero-order valence-electron chi connectivity index (χ0n) is 57.7. The number of carbonyl (C=O) groups is 10. The van der Waals surface area contributed by atoms with Crippen LogP contribution < -0.4 is 11.2 Å². The number of amides is 7. The number of ether oxygens (including phenoxy) is 2. The smallest absolute Gasteiger partial charge is 0.428 e. The van der Waals surface area contributed by atoms with E-state index in [1.807, 2.05) is 18.2 Å². The minimum absolute atomic E-state index is 0. The van der Waals surface area contributed by atoms with E-state index in [9.17, 15) is 61.1 Å². The molecule has 0 spiro atoms. The molecule has 548 valence electrons. The van der Waals surface area contributed by atoms with Gasteiger partial charge >= 0.3 is 6.09 Å². The molecule has 10 aromatic rings. The van der Waals surface area contributed by atoms with Gasteiger partial charge in [-0.3, -0.25) is 53.7 Å². The number of ketones is 3. The number of amidine groups is 1. The van der Waals surface area contributed by atoms with Gasteiger partial charge in [-0.25, -0.2) is 28.4 Å². The van der Waals surface area contributed by atoms with E-state index in [1.54, 1.807) is 115 Å². The fourth-order valence-electron chi connectivity index (χ4n) is 12.2. The first-order chi connectivity index (χ1) is 50.4. The van der Waals surface area contributed by atoms with Crippen molar-refractivity contribution in [3.05, 3.63) is 214 Å². The van der Waals surface area contributed by atoms with Crippen molar-refractivity contribution in [3.8, 4) is 11.4 Å². The molecule has 0 unspecified atom stereocenters. The molecule has 6 aromatic carbocycles. The molecule has 13 rings (SSSR count). The molecule has 0 radical (unpaired) electrons. The maximum Gasteiger partial charge on any atom is 0.428 e. The molecule has 28 nitrogen and oxygen atoms in total. The summed E-state index contributed by atoms with van der Waals surface area (Å²) in [6.07, 6.45) is 4.35. The Morgan fingerprint density at radius 3 is 1.22 bits per heavy atom. The number of nitrogens with zero attached hydrogens (tertiary/aromatic N) is 9. The number of halogens is 4. The predicted molar refractivity (Wildman–Crippen MR) is 386 cm³/mol. The van der Waals surface area contributed by atoms with Crippen molar-refractivity contribution < 1.29 is 70.6 Å². The number of hydrogen-bond acceptors (Lipinski definition) is 16. The van der Waals surface area contributed by atoms with Crippen LogP contribution in [-0.4, -0.2) is 221 Å². The van der Waals surface area contributed by atoms with E-state index < -0.39 is 64.2 Å². The van der Waals surface area contributed by atoms with Crippen LogP contribution in [0.3, 0.4) is 0 Å². The SMILES string of the molecule is CC(C)(C)OC(=O)N/N=C(\N)c1ccc(F)c2c(C(=O)C(=O)N3CCN(C(=O)c4ccccc4)CC3)c[nH]c12.CCOC(=N)c1ccc(F)c2c(C(=O)C(=O)N3CCN(C(=O)c4ccccc4)CC3)c[nH]c12.Cl.O=C(C(=O)N1CCN(C(=O)c2ccccc2)CC1)c1c[nH]c2c(-c3ncn[nH]3)ccc(F)c12. The maximum atomic E-state index is 14.9. The molecule has 3 saturated heterocycles. The van der Waals surface area contributed by atoms with E-state index in [-0.39, 0.29) is 150 Å². The van der Waals surface area contributed by atoms with Crippen LogP contribution in [0.25, 0.3) is 44.1 Å². The normalized spacial score (nSPS) is 13.9. The second-order valence-corrected chi connectivity index (χ2v) is 25.2. The van der Waals surface area contributed by atoms with Gasteiger partial charge in [0.15, 0.2) is 11.7 Å². The van der Waals surface area contributed by atoms with Crippen molar-refractivity contribution in [1.82, 2.24) is 65.0 Å².